The average Bonchev–Trinajstić information content (AvgIpc) is 3.27. The highest BCUT2D eigenvalue weighted by molar-refractivity contribution is 8.04. The van der Waals surface area contributed by atoms with Crippen LogP contribution in [0.1, 0.15) is 48.6 Å². The van der Waals surface area contributed by atoms with Crippen LogP contribution in [-0.4, -0.2) is 69.6 Å². The van der Waals surface area contributed by atoms with Gasteiger partial charge in [-0.25, -0.2) is 9.78 Å². The number of nitrogens with one attached hydrogen (secondary N) is 4. The van der Waals surface area contributed by atoms with Crippen molar-refractivity contribution in [3.8, 4) is 0 Å². The fourth-order valence-electron chi connectivity index (χ4n) is 4.65. The highest BCUT2D eigenvalue weighted by Gasteiger charge is 2.29. The Morgan fingerprint density at radius 2 is 2.06 bits per heavy atom. The van der Waals surface area contributed by atoms with Gasteiger partial charge >= 0.3 is 6.03 Å². The van der Waals surface area contributed by atoms with E-state index in [0.29, 0.717) is 30.2 Å². The van der Waals surface area contributed by atoms with Crippen LogP contribution in [0.15, 0.2) is 28.9 Å². The van der Waals surface area contributed by atoms with E-state index in [-0.39, 0.29) is 16.9 Å². The van der Waals surface area contributed by atoms with Crippen LogP contribution >= 0.6 is 11.8 Å². The first kappa shape index (κ1) is 23.0. The molecule has 2 aromatic heterocycles. The van der Waals surface area contributed by atoms with Gasteiger partial charge in [0.15, 0.2) is 5.65 Å². The Morgan fingerprint density at radius 1 is 1.22 bits per heavy atom. The monoisotopic (exact) mass is 508 g/mol. The van der Waals surface area contributed by atoms with Gasteiger partial charge in [0, 0.05) is 30.8 Å². The highest BCUT2D eigenvalue weighted by atomic mass is 32.2. The van der Waals surface area contributed by atoms with Crippen molar-refractivity contribution in [2.24, 2.45) is 0 Å². The first-order valence-electron chi connectivity index (χ1n) is 12.4. The van der Waals surface area contributed by atoms with Crippen molar-refractivity contribution in [1.82, 2.24) is 35.4 Å². The molecule has 1 aliphatic carbocycles. The molecular weight excluding hydrogens is 480 g/mol. The summed E-state index contributed by atoms with van der Waals surface area (Å²) in [6.45, 7) is 3.77. The smallest absolute Gasteiger partial charge is 0.326 e. The van der Waals surface area contributed by atoms with Crippen LogP contribution < -0.4 is 21.3 Å². The van der Waals surface area contributed by atoms with E-state index in [0.717, 1.165) is 48.9 Å². The molecular formula is C24H28N8O3S. The SMILES string of the molecule is O=C1NC(=O)/C(=C/c2cnn3c(NC4CC4)cc(C4CC=C(C(=O)NCCN5CCCC5)S4)nc23)N1. The van der Waals surface area contributed by atoms with Gasteiger partial charge in [0.1, 0.15) is 11.5 Å². The third-order valence-electron chi connectivity index (χ3n) is 6.72. The minimum atomic E-state index is -0.549. The average molecular weight is 509 g/mol. The summed E-state index contributed by atoms with van der Waals surface area (Å²) in [6, 6.07) is 1.85. The maximum Gasteiger partial charge on any atom is 0.326 e. The van der Waals surface area contributed by atoms with Crippen molar-refractivity contribution in [3.05, 3.63) is 40.2 Å². The number of hydrogen-bond donors (Lipinski definition) is 4. The van der Waals surface area contributed by atoms with Crippen LogP contribution in [0.2, 0.25) is 0 Å². The molecule has 4 amide bonds. The number of hydrogen-bond acceptors (Lipinski definition) is 8. The number of anilines is 1. The summed E-state index contributed by atoms with van der Waals surface area (Å²) in [5.74, 6) is 0.311. The zero-order valence-corrected chi connectivity index (χ0v) is 20.6. The Kier molecular flexibility index (Phi) is 6.13. The second-order valence-electron chi connectivity index (χ2n) is 9.50. The summed E-state index contributed by atoms with van der Waals surface area (Å²) in [5.41, 5.74) is 2.20. The Hall–Kier alpha value is -3.38. The molecule has 0 bridgehead atoms. The first-order chi connectivity index (χ1) is 17.5. The van der Waals surface area contributed by atoms with Gasteiger partial charge in [0.05, 0.1) is 22.0 Å². The fraction of sp³-hybridized carbons (Fsp3) is 0.458. The maximum atomic E-state index is 12.7. The van der Waals surface area contributed by atoms with E-state index in [1.165, 1.54) is 24.6 Å². The molecule has 5 heterocycles. The summed E-state index contributed by atoms with van der Waals surface area (Å²) in [7, 11) is 0. The molecule has 1 unspecified atom stereocenters. The van der Waals surface area contributed by atoms with E-state index >= 15 is 0 Å². The van der Waals surface area contributed by atoms with Gasteiger partial charge in [-0.1, -0.05) is 6.08 Å². The zero-order chi connectivity index (χ0) is 24.6. The lowest BCUT2D eigenvalue weighted by Crippen LogP contribution is -2.33. The molecule has 11 nitrogen and oxygen atoms in total. The van der Waals surface area contributed by atoms with E-state index in [1.54, 1.807) is 16.8 Å². The van der Waals surface area contributed by atoms with E-state index in [4.69, 9.17) is 4.98 Å². The van der Waals surface area contributed by atoms with Crippen molar-refractivity contribution >= 4 is 47.1 Å². The molecule has 0 aromatic carbocycles. The van der Waals surface area contributed by atoms with Gasteiger partial charge in [-0.15, -0.1) is 11.8 Å². The second kappa shape index (κ2) is 9.58. The summed E-state index contributed by atoms with van der Waals surface area (Å²) >= 11 is 1.53. The summed E-state index contributed by atoms with van der Waals surface area (Å²) in [6.07, 6.45) is 10.6. The number of urea groups is 1. The van der Waals surface area contributed by atoms with E-state index in [2.05, 4.69) is 31.3 Å². The lowest BCUT2D eigenvalue weighted by molar-refractivity contribution is -0.117. The van der Waals surface area contributed by atoms with Crippen LogP contribution in [0, 0.1) is 0 Å². The van der Waals surface area contributed by atoms with Gasteiger partial charge in [-0.2, -0.15) is 9.61 Å². The van der Waals surface area contributed by atoms with Crippen molar-refractivity contribution < 1.29 is 14.4 Å². The summed E-state index contributed by atoms with van der Waals surface area (Å²) in [4.78, 5) is 44.3. The number of rotatable bonds is 8. The number of thioether (sulfide) groups is 1. The van der Waals surface area contributed by atoms with Gasteiger partial charge < -0.3 is 20.9 Å². The molecule has 12 heteroatoms. The van der Waals surface area contributed by atoms with Crippen molar-refractivity contribution in [1.29, 1.82) is 0 Å². The number of carbonyl (C=O) groups excluding carboxylic acids is 3. The van der Waals surface area contributed by atoms with Crippen molar-refractivity contribution in [3.63, 3.8) is 0 Å². The predicted octanol–water partition coefficient (Wildman–Crippen LogP) is 1.76. The number of likely N-dealkylation sites (tertiary alicyclic amines) is 1. The fourth-order valence-corrected chi connectivity index (χ4v) is 5.77. The van der Waals surface area contributed by atoms with Crippen LogP contribution in [-0.2, 0) is 9.59 Å². The number of aromatic nitrogens is 3. The molecule has 0 radical (unpaired) electrons. The normalized spacial score (nSPS) is 23.3. The minimum absolute atomic E-state index is 0.000954. The zero-order valence-electron chi connectivity index (χ0n) is 19.7. The number of allylic oxidation sites excluding steroid dienone is 1. The topological polar surface area (TPSA) is 133 Å². The molecule has 3 fully saturated rings. The van der Waals surface area contributed by atoms with E-state index in [9.17, 15) is 14.4 Å². The Labute approximate surface area is 212 Å². The minimum Gasteiger partial charge on any atom is -0.367 e. The Balaban J connectivity index is 1.20. The molecule has 36 heavy (non-hydrogen) atoms. The van der Waals surface area contributed by atoms with Crippen molar-refractivity contribution in [2.75, 3.05) is 31.5 Å². The lowest BCUT2D eigenvalue weighted by Gasteiger charge is -2.15. The Morgan fingerprint density at radius 3 is 2.81 bits per heavy atom. The molecule has 0 spiro atoms. The molecule has 1 saturated carbocycles. The van der Waals surface area contributed by atoms with Crippen molar-refractivity contribution in [2.45, 2.75) is 43.4 Å². The molecule has 4 N–H and O–H groups in total. The standard InChI is InChI=1S/C24H28N8O3S/c33-22-17(29-24(35)30-22)11-14-13-26-32-20(27-15-3-4-15)12-16(28-21(14)32)18-5-6-19(36-18)23(34)25-7-10-31-8-1-2-9-31/h6,11-13,15,18,27H,1-5,7-10H2,(H,25,34)(H2,29,30,33,35)/b17-11-. The summed E-state index contributed by atoms with van der Waals surface area (Å²) < 4.78 is 1.72. The number of nitrogens with zero attached hydrogens (tertiary/aromatic N) is 4. The van der Waals surface area contributed by atoms with Gasteiger partial charge in [-0.05, 0) is 51.3 Å². The number of amides is 4. The molecule has 188 valence electrons. The van der Waals surface area contributed by atoms with Gasteiger partial charge in [0.25, 0.3) is 11.8 Å². The van der Waals surface area contributed by atoms with Crippen LogP contribution in [0.25, 0.3) is 11.7 Å². The van der Waals surface area contributed by atoms with E-state index in [1.807, 2.05) is 12.1 Å². The predicted molar refractivity (Wildman–Crippen MR) is 136 cm³/mol. The second-order valence-corrected chi connectivity index (χ2v) is 10.7. The maximum absolute atomic E-state index is 12.7. The number of imide groups is 1. The van der Waals surface area contributed by atoms with Gasteiger partial charge in [0.2, 0.25) is 0 Å². The molecule has 3 aliphatic heterocycles. The lowest BCUT2D eigenvalue weighted by atomic mass is 10.2. The third-order valence-corrected chi connectivity index (χ3v) is 8.04. The highest BCUT2D eigenvalue weighted by Crippen LogP contribution is 2.44. The first-order valence-corrected chi connectivity index (χ1v) is 13.3. The van der Waals surface area contributed by atoms with E-state index < -0.39 is 11.9 Å². The van der Waals surface area contributed by atoms with Gasteiger partial charge in [-0.3, -0.25) is 14.9 Å². The number of fused-ring (bicyclic) bond motifs is 1. The molecule has 2 saturated heterocycles. The molecule has 4 aliphatic rings. The third kappa shape index (κ3) is 4.82. The molecule has 2 aromatic rings. The quantitative estimate of drug-likeness (QED) is 0.313. The summed E-state index contributed by atoms with van der Waals surface area (Å²) in [5, 5.41) is 15.8. The molecule has 6 rings (SSSR count). The molecule has 1 atom stereocenters. The largest absolute Gasteiger partial charge is 0.367 e. The van der Waals surface area contributed by atoms with Crippen LogP contribution in [0.4, 0.5) is 10.6 Å². The van der Waals surface area contributed by atoms with Crippen LogP contribution in [0.3, 0.4) is 0 Å². The van der Waals surface area contributed by atoms with Crippen LogP contribution in [0.5, 0.6) is 0 Å². The Bertz CT molecular complexity index is 1290. The number of carbonyl (C=O) groups is 3.